The number of benzene rings is 3. The number of aromatic nitrogens is 2. The summed E-state index contributed by atoms with van der Waals surface area (Å²) in [5.74, 6) is -2.21. The predicted octanol–water partition coefficient (Wildman–Crippen LogP) is 4.64. The molecule has 0 saturated carbocycles. The Bertz CT molecular complexity index is 1420. The minimum Gasteiger partial charge on any atom is -0.465 e. The second-order valence-corrected chi connectivity index (χ2v) is 8.45. The molecule has 3 N–H and O–H groups in total. The summed E-state index contributed by atoms with van der Waals surface area (Å²) in [5.41, 5.74) is 1.97. The van der Waals surface area contributed by atoms with E-state index >= 15 is 0 Å². The fraction of sp³-hybridized carbons (Fsp3) is 0.111. The van der Waals surface area contributed by atoms with Crippen LogP contribution in [0.1, 0.15) is 26.4 Å². The van der Waals surface area contributed by atoms with Gasteiger partial charge in [-0.1, -0.05) is 48.0 Å². The minimum atomic E-state index is -0.954. The van der Waals surface area contributed by atoms with Crippen molar-refractivity contribution in [1.29, 1.82) is 0 Å². The van der Waals surface area contributed by atoms with Crippen LogP contribution in [0.5, 0.6) is 0 Å². The van der Waals surface area contributed by atoms with Crippen molar-refractivity contribution in [2.75, 3.05) is 12.4 Å². The van der Waals surface area contributed by atoms with Gasteiger partial charge in [-0.3, -0.25) is 14.7 Å². The van der Waals surface area contributed by atoms with Crippen LogP contribution in [-0.2, 0) is 16.0 Å². The molecule has 10 heteroatoms. The molecule has 0 unspecified atom stereocenters. The summed E-state index contributed by atoms with van der Waals surface area (Å²) in [6, 6.07) is 20.3. The molecular weight excluding hydrogens is 499 g/mol. The number of nitrogens with zero attached hydrogens (tertiary/aromatic N) is 1. The molecule has 2 amide bonds. The number of nitrogens with one attached hydrogen (secondary N) is 3. The maximum absolute atomic E-state index is 14.4. The van der Waals surface area contributed by atoms with Gasteiger partial charge in [0.05, 0.1) is 23.4 Å². The van der Waals surface area contributed by atoms with Crippen molar-refractivity contribution in [2.24, 2.45) is 0 Å². The molecule has 0 saturated heterocycles. The Labute approximate surface area is 216 Å². The average molecular weight is 521 g/mol. The van der Waals surface area contributed by atoms with Crippen LogP contribution in [0.4, 0.5) is 10.1 Å². The molecule has 0 fully saturated rings. The maximum atomic E-state index is 14.4. The highest BCUT2D eigenvalue weighted by Gasteiger charge is 2.24. The molecule has 1 aromatic heterocycles. The lowest BCUT2D eigenvalue weighted by Gasteiger charge is -2.18. The van der Waals surface area contributed by atoms with E-state index in [1.165, 1.54) is 37.4 Å². The van der Waals surface area contributed by atoms with Crippen LogP contribution in [-0.4, -0.2) is 41.1 Å². The van der Waals surface area contributed by atoms with Crippen LogP contribution < -0.4 is 10.6 Å². The number of hydrogen-bond donors (Lipinski definition) is 3. The molecule has 4 aromatic rings. The monoisotopic (exact) mass is 520 g/mol. The lowest BCUT2D eigenvalue weighted by molar-refractivity contribution is -0.118. The number of carbonyl (C=O) groups excluding carboxylic acids is 3. The van der Waals surface area contributed by atoms with Gasteiger partial charge >= 0.3 is 5.97 Å². The van der Waals surface area contributed by atoms with Crippen molar-refractivity contribution < 1.29 is 23.5 Å². The van der Waals surface area contributed by atoms with Gasteiger partial charge in [-0.25, -0.2) is 9.18 Å². The van der Waals surface area contributed by atoms with E-state index in [2.05, 4.69) is 25.6 Å². The van der Waals surface area contributed by atoms with Crippen molar-refractivity contribution in [2.45, 2.75) is 12.5 Å². The number of anilines is 1. The molecule has 4 rings (SSSR count). The number of amides is 2. The third-order valence-electron chi connectivity index (χ3n) is 5.53. The summed E-state index contributed by atoms with van der Waals surface area (Å²) in [6.07, 6.45) is 0.211. The van der Waals surface area contributed by atoms with Crippen molar-refractivity contribution in [3.8, 4) is 11.3 Å². The van der Waals surface area contributed by atoms with Gasteiger partial charge in [-0.2, -0.15) is 5.10 Å². The second kappa shape index (κ2) is 11.5. The lowest BCUT2D eigenvalue weighted by Crippen LogP contribution is -2.45. The second-order valence-electron chi connectivity index (χ2n) is 8.04. The molecule has 0 aliphatic rings. The number of hydrogen-bond acceptors (Lipinski definition) is 5. The molecule has 0 bridgehead atoms. The highest BCUT2D eigenvalue weighted by atomic mass is 35.5. The van der Waals surface area contributed by atoms with Crippen LogP contribution in [0.25, 0.3) is 11.3 Å². The predicted molar refractivity (Wildman–Crippen MR) is 137 cm³/mol. The van der Waals surface area contributed by atoms with Gasteiger partial charge in [-0.15, -0.1) is 0 Å². The van der Waals surface area contributed by atoms with Crippen molar-refractivity contribution in [3.05, 3.63) is 107 Å². The Morgan fingerprint density at radius 2 is 1.76 bits per heavy atom. The molecule has 0 radical (unpaired) electrons. The Hall–Kier alpha value is -4.50. The first kappa shape index (κ1) is 25.6. The fourth-order valence-electron chi connectivity index (χ4n) is 3.61. The molecule has 3 aromatic carbocycles. The number of methoxy groups -OCH3 is 1. The highest BCUT2D eigenvalue weighted by molar-refractivity contribution is 6.31. The topological polar surface area (TPSA) is 113 Å². The van der Waals surface area contributed by atoms with Gasteiger partial charge in [0.2, 0.25) is 5.91 Å². The van der Waals surface area contributed by atoms with E-state index in [1.54, 1.807) is 18.2 Å². The van der Waals surface area contributed by atoms with Gasteiger partial charge in [-0.05, 0) is 48.0 Å². The molecule has 8 nitrogen and oxygen atoms in total. The number of esters is 1. The van der Waals surface area contributed by atoms with E-state index in [0.717, 1.165) is 5.56 Å². The standard InChI is InChI=1S/C27H22ClFN4O4/c1-37-27(36)17-10-12-18(13-11-17)30-25(34)22(14-16-6-3-2-4-7-16)31-26(35)23-15-21(32-33-23)19-8-5-9-20(28)24(19)29/h2-13,15,22H,14H2,1H3,(H,30,34)(H,31,35)(H,32,33)/t22-/m0/s1. The normalized spacial score (nSPS) is 11.4. The van der Waals surface area contributed by atoms with Crippen LogP contribution in [0.2, 0.25) is 5.02 Å². The number of H-pyrrole nitrogens is 1. The van der Waals surface area contributed by atoms with Crippen molar-refractivity contribution in [3.63, 3.8) is 0 Å². The number of carbonyl (C=O) groups is 3. The molecular formula is C27H22ClFN4O4. The van der Waals surface area contributed by atoms with Crippen molar-refractivity contribution >= 4 is 35.1 Å². The summed E-state index contributed by atoms with van der Waals surface area (Å²) in [4.78, 5) is 37.8. The van der Waals surface area contributed by atoms with Gasteiger partial charge in [0.15, 0.2) is 5.82 Å². The van der Waals surface area contributed by atoms with E-state index in [9.17, 15) is 18.8 Å². The summed E-state index contributed by atoms with van der Waals surface area (Å²) >= 11 is 5.85. The van der Waals surface area contributed by atoms with Crippen LogP contribution in [0.3, 0.4) is 0 Å². The molecule has 0 aliphatic carbocycles. The Balaban J connectivity index is 1.52. The first-order valence-corrected chi connectivity index (χ1v) is 11.6. The maximum Gasteiger partial charge on any atom is 0.337 e. The van der Waals surface area contributed by atoms with E-state index in [4.69, 9.17) is 11.6 Å². The van der Waals surface area contributed by atoms with E-state index in [0.29, 0.717) is 11.3 Å². The quantitative estimate of drug-likeness (QED) is 0.293. The zero-order valence-corrected chi connectivity index (χ0v) is 20.4. The smallest absolute Gasteiger partial charge is 0.337 e. The number of halogens is 2. The Morgan fingerprint density at radius 3 is 2.46 bits per heavy atom. The van der Waals surface area contributed by atoms with Crippen LogP contribution >= 0.6 is 11.6 Å². The van der Waals surface area contributed by atoms with Crippen molar-refractivity contribution in [1.82, 2.24) is 15.5 Å². The third kappa shape index (κ3) is 6.20. The average Bonchev–Trinajstić information content (AvgIpc) is 3.41. The Kier molecular flexibility index (Phi) is 7.95. The number of aromatic amines is 1. The Morgan fingerprint density at radius 1 is 1.03 bits per heavy atom. The third-order valence-corrected chi connectivity index (χ3v) is 5.82. The number of rotatable bonds is 8. The summed E-state index contributed by atoms with van der Waals surface area (Å²) < 4.78 is 19.1. The lowest BCUT2D eigenvalue weighted by atomic mass is 10.0. The van der Waals surface area contributed by atoms with E-state index in [1.807, 2.05) is 30.3 Å². The van der Waals surface area contributed by atoms with Crippen LogP contribution in [0, 0.1) is 5.82 Å². The highest BCUT2D eigenvalue weighted by Crippen LogP contribution is 2.26. The molecule has 188 valence electrons. The molecule has 0 aliphatic heterocycles. The van der Waals surface area contributed by atoms with Gasteiger partial charge in [0.1, 0.15) is 11.7 Å². The first-order valence-electron chi connectivity index (χ1n) is 11.2. The van der Waals surface area contributed by atoms with Crippen LogP contribution in [0.15, 0.2) is 78.9 Å². The zero-order valence-electron chi connectivity index (χ0n) is 19.6. The summed E-state index contributed by atoms with van der Waals surface area (Å²) in [5, 5.41) is 12.0. The van der Waals surface area contributed by atoms with Gasteiger partial charge in [0, 0.05) is 17.7 Å². The zero-order chi connectivity index (χ0) is 26.4. The summed E-state index contributed by atoms with van der Waals surface area (Å²) in [6.45, 7) is 0. The van der Waals surface area contributed by atoms with Gasteiger partial charge in [0.25, 0.3) is 5.91 Å². The molecule has 1 atom stereocenters. The van der Waals surface area contributed by atoms with E-state index in [-0.39, 0.29) is 28.4 Å². The first-order chi connectivity index (χ1) is 17.9. The molecule has 0 spiro atoms. The van der Waals surface area contributed by atoms with Gasteiger partial charge < -0.3 is 15.4 Å². The summed E-state index contributed by atoms with van der Waals surface area (Å²) in [7, 11) is 1.28. The molecule has 1 heterocycles. The SMILES string of the molecule is COC(=O)c1ccc(NC(=O)[C@H](Cc2ccccc2)NC(=O)c2cc(-c3cccc(Cl)c3F)n[nH]2)cc1. The number of ether oxygens (including phenoxy) is 1. The fourth-order valence-corrected chi connectivity index (χ4v) is 3.78. The largest absolute Gasteiger partial charge is 0.465 e. The molecule has 37 heavy (non-hydrogen) atoms. The van der Waals surface area contributed by atoms with E-state index < -0.39 is 29.6 Å². The minimum absolute atomic E-state index is 0.0441.